The van der Waals surface area contributed by atoms with Gasteiger partial charge in [-0.3, -0.25) is 0 Å². The summed E-state index contributed by atoms with van der Waals surface area (Å²) in [4.78, 5) is 8.79. The normalized spacial score (nSPS) is 23.3. The minimum atomic E-state index is 0.283. The molecule has 2 fully saturated rings. The van der Waals surface area contributed by atoms with Crippen LogP contribution in [0.1, 0.15) is 64.1 Å². The van der Waals surface area contributed by atoms with Gasteiger partial charge in [-0.05, 0) is 43.9 Å². The largest absolute Gasteiger partial charge is 0.474 e. The Morgan fingerprint density at radius 2 is 1.84 bits per heavy atom. The Bertz CT molecular complexity index is 461. The van der Waals surface area contributed by atoms with Crippen LogP contribution in [-0.4, -0.2) is 16.1 Å². The fraction of sp³-hybridized carbons (Fsp3) is 0.733. The average Bonchev–Trinajstić information content (AvgIpc) is 3.15. The SMILES string of the molecule is CC1(C)CCC(Oc2cc(Cl)nc(C3CC3)n2)CC1. The van der Waals surface area contributed by atoms with E-state index in [1.165, 1.54) is 25.7 Å². The van der Waals surface area contributed by atoms with Gasteiger partial charge in [-0.1, -0.05) is 25.4 Å². The van der Waals surface area contributed by atoms with Gasteiger partial charge < -0.3 is 4.74 Å². The number of aromatic nitrogens is 2. The summed E-state index contributed by atoms with van der Waals surface area (Å²) in [6.45, 7) is 4.66. The van der Waals surface area contributed by atoms with Crippen LogP contribution in [0.2, 0.25) is 5.15 Å². The van der Waals surface area contributed by atoms with Gasteiger partial charge in [0, 0.05) is 12.0 Å². The van der Waals surface area contributed by atoms with Gasteiger partial charge in [0.2, 0.25) is 5.88 Å². The van der Waals surface area contributed by atoms with Crippen LogP contribution in [0.3, 0.4) is 0 Å². The first-order valence-electron chi connectivity index (χ1n) is 7.23. The first-order chi connectivity index (χ1) is 9.02. The highest BCUT2D eigenvalue weighted by molar-refractivity contribution is 6.29. The third kappa shape index (κ3) is 3.38. The van der Waals surface area contributed by atoms with Crippen molar-refractivity contribution in [2.45, 2.75) is 64.4 Å². The number of nitrogens with zero attached hydrogens (tertiary/aromatic N) is 2. The van der Waals surface area contributed by atoms with Crippen molar-refractivity contribution in [3.05, 3.63) is 17.0 Å². The molecule has 0 spiro atoms. The molecule has 0 N–H and O–H groups in total. The maximum Gasteiger partial charge on any atom is 0.218 e. The molecule has 0 radical (unpaired) electrons. The molecule has 1 aromatic heterocycles. The molecule has 19 heavy (non-hydrogen) atoms. The molecule has 104 valence electrons. The van der Waals surface area contributed by atoms with E-state index in [1.807, 2.05) is 0 Å². The summed E-state index contributed by atoms with van der Waals surface area (Å²) >= 11 is 6.05. The molecule has 0 aromatic carbocycles. The molecule has 2 saturated carbocycles. The van der Waals surface area contributed by atoms with Crippen molar-refractivity contribution in [2.24, 2.45) is 5.41 Å². The Morgan fingerprint density at radius 1 is 1.16 bits per heavy atom. The number of hydrogen-bond acceptors (Lipinski definition) is 3. The monoisotopic (exact) mass is 280 g/mol. The van der Waals surface area contributed by atoms with E-state index in [2.05, 4.69) is 23.8 Å². The Hall–Kier alpha value is -0.830. The van der Waals surface area contributed by atoms with Crippen molar-refractivity contribution >= 4 is 11.6 Å². The summed E-state index contributed by atoms with van der Waals surface area (Å²) in [6.07, 6.45) is 7.28. The van der Waals surface area contributed by atoms with E-state index < -0.39 is 0 Å². The third-order valence-electron chi connectivity index (χ3n) is 4.20. The lowest BCUT2D eigenvalue weighted by Gasteiger charge is -2.34. The topological polar surface area (TPSA) is 35.0 Å². The zero-order chi connectivity index (χ0) is 13.5. The van der Waals surface area contributed by atoms with E-state index in [9.17, 15) is 0 Å². The first kappa shape index (κ1) is 13.2. The zero-order valence-electron chi connectivity index (χ0n) is 11.7. The van der Waals surface area contributed by atoms with Crippen molar-refractivity contribution in [1.82, 2.24) is 9.97 Å². The molecule has 1 aromatic rings. The molecule has 3 nitrogen and oxygen atoms in total. The predicted molar refractivity (Wildman–Crippen MR) is 75.7 cm³/mol. The Morgan fingerprint density at radius 3 is 2.47 bits per heavy atom. The second-order valence-electron chi connectivity index (χ2n) is 6.64. The van der Waals surface area contributed by atoms with Crippen LogP contribution >= 0.6 is 11.6 Å². The standard InChI is InChI=1S/C15H21ClN2O/c1-15(2)7-5-11(6-8-15)19-13-9-12(16)17-14(18-13)10-3-4-10/h9-11H,3-8H2,1-2H3. The van der Waals surface area contributed by atoms with Gasteiger partial charge in [0.05, 0.1) is 0 Å². The van der Waals surface area contributed by atoms with Crippen molar-refractivity contribution in [2.75, 3.05) is 0 Å². The summed E-state index contributed by atoms with van der Waals surface area (Å²) < 4.78 is 6.01. The van der Waals surface area contributed by atoms with E-state index in [0.29, 0.717) is 22.4 Å². The minimum Gasteiger partial charge on any atom is -0.474 e. The lowest BCUT2D eigenvalue weighted by atomic mass is 9.76. The molecule has 2 aliphatic carbocycles. The third-order valence-corrected chi connectivity index (χ3v) is 4.40. The van der Waals surface area contributed by atoms with Crippen LogP contribution in [0.15, 0.2) is 6.07 Å². The lowest BCUT2D eigenvalue weighted by molar-refractivity contribution is 0.0945. The van der Waals surface area contributed by atoms with Crippen LogP contribution in [0, 0.1) is 5.41 Å². The summed E-state index contributed by atoms with van der Waals surface area (Å²) in [7, 11) is 0. The summed E-state index contributed by atoms with van der Waals surface area (Å²) in [6, 6.07) is 1.74. The smallest absolute Gasteiger partial charge is 0.218 e. The molecular formula is C15H21ClN2O. The van der Waals surface area contributed by atoms with Crippen LogP contribution in [0.4, 0.5) is 0 Å². The van der Waals surface area contributed by atoms with Gasteiger partial charge in [0.1, 0.15) is 17.1 Å². The van der Waals surface area contributed by atoms with Crippen molar-refractivity contribution < 1.29 is 4.74 Å². The summed E-state index contributed by atoms with van der Waals surface area (Å²) in [5.41, 5.74) is 0.461. The van der Waals surface area contributed by atoms with Crippen molar-refractivity contribution in [1.29, 1.82) is 0 Å². The summed E-state index contributed by atoms with van der Waals surface area (Å²) in [5.74, 6) is 2.02. The fourth-order valence-corrected chi connectivity index (χ4v) is 2.84. The van der Waals surface area contributed by atoms with Gasteiger partial charge in [0.25, 0.3) is 0 Å². The Balaban J connectivity index is 1.66. The Kier molecular flexibility index (Phi) is 3.42. The molecule has 4 heteroatoms. The number of halogens is 1. The molecular weight excluding hydrogens is 260 g/mol. The maximum absolute atomic E-state index is 6.05. The second kappa shape index (κ2) is 4.93. The quantitative estimate of drug-likeness (QED) is 0.772. The van der Waals surface area contributed by atoms with Crippen LogP contribution in [0.25, 0.3) is 0 Å². The molecule has 0 unspecified atom stereocenters. The highest BCUT2D eigenvalue weighted by Gasteiger charge is 2.30. The highest BCUT2D eigenvalue weighted by atomic mass is 35.5. The van der Waals surface area contributed by atoms with Crippen molar-refractivity contribution in [3.8, 4) is 5.88 Å². The average molecular weight is 281 g/mol. The van der Waals surface area contributed by atoms with Crippen LogP contribution in [0.5, 0.6) is 5.88 Å². The second-order valence-corrected chi connectivity index (χ2v) is 7.03. The molecule has 0 bridgehead atoms. The van der Waals surface area contributed by atoms with E-state index in [-0.39, 0.29) is 6.10 Å². The molecule has 2 aliphatic rings. The predicted octanol–water partition coefficient (Wildman–Crippen LogP) is 4.36. The van der Waals surface area contributed by atoms with E-state index in [0.717, 1.165) is 18.7 Å². The Labute approximate surface area is 119 Å². The van der Waals surface area contributed by atoms with Crippen LogP contribution in [-0.2, 0) is 0 Å². The summed E-state index contributed by atoms with van der Waals surface area (Å²) in [5, 5.41) is 0.503. The van der Waals surface area contributed by atoms with Gasteiger partial charge in [0.15, 0.2) is 0 Å². The van der Waals surface area contributed by atoms with Gasteiger partial charge >= 0.3 is 0 Å². The maximum atomic E-state index is 6.05. The van der Waals surface area contributed by atoms with Gasteiger partial charge in [-0.25, -0.2) is 4.98 Å². The molecule has 0 aliphatic heterocycles. The highest BCUT2D eigenvalue weighted by Crippen LogP contribution is 2.40. The lowest BCUT2D eigenvalue weighted by Crippen LogP contribution is -2.28. The molecule has 1 heterocycles. The number of hydrogen-bond donors (Lipinski definition) is 0. The number of rotatable bonds is 3. The van der Waals surface area contributed by atoms with Crippen molar-refractivity contribution in [3.63, 3.8) is 0 Å². The minimum absolute atomic E-state index is 0.283. The molecule has 0 amide bonds. The zero-order valence-corrected chi connectivity index (χ0v) is 12.4. The van der Waals surface area contributed by atoms with Gasteiger partial charge in [-0.15, -0.1) is 0 Å². The van der Waals surface area contributed by atoms with Gasteiger partial charge in [-0.2, -0.15) is 4.98 Å². The first-order valence-corrected chi connectivity index (χ1v) is 7.61. The molecule has 3 rings (SSSR count). The van der Waals surface area contributed by atoms with Crippen LogP contribution < -0.4 is 4.74 Å². The van der Waals surface area contributed by atoms with E-state index >= 15 is 0 Å². The fourth-order valence-electron chi connectivity index (χ4n) is 2.66. The van der Waals surface area contributed by atoms with E-state index in [4.69, 9.17) is 16.3 Å². The molecule has 0 atom stereocenters. The number of ether oxygens (including phenoxy) is 1. The van der Waals surface area contributed by atoms with E-state index in [1.54, 1.807) is 6.07 Å². The molecule has 0 saturated heterocycles.